The number of benzene rings is 1. The average molecular weight is 313 g/mol. The number of para-hydroxylation sites is 1. The predicted molar refractivity (Wildman–Crippen MR) is 74.5 cm³/mol. The van der Waals surface area contributed by atoms with Gasteiger partial charge in [-0.25, -0.2) is 4.79 Å². The first-order chi connectivity index (χ1) is 8.58. The molecule has 2 unspecified atom stereocenters. The fourth-order valence-corrected chi connectivity index (χ4v) is 2.37. The SMILES string of the molecule is CC1CCN(C(=O)Nc2ccccc2Br)CC1O. The van der Waals surface area contributed by atoms with Crippen LogP contribution in [0.4, 0.5) is 10.5 Å². The number of nitrogens with zero attached hydrogens (tertiary/aromatic N) is 1. The van der Waals surface area contributed by atoms with E-state index in [1.807, 2.05) is 31.2 Å². The molecule has 2 N–H and O–H groups in total. The van der Waals surface area contributed by atoms with Crippen molar-refractivity contribution >= 4 is 27.6 Å². The minimum Gasteiger partial charge on any atom is -0.391 e. The third kappa shape index (κ3) is 3.03. The van der Waals surface area contributed by atoms with Crippen molar-refractivity contribution in [2.45, 2.75) is 19.4 Å². The second kappa shape index (κ2) is 5.71. The highest BCUT2D eigenvalue weighted by atomic mass is 79.9. The summed E-state index contributed by atoms with van der Waals surface area (Å²) in [5.74, 6) is 0.262. The molecule has 0 spiro atoms. The van der Waals surface area contributed by atoms with Gasteiger partial charge in [0.15, 0.2) is 0 Å². The largest absolute Gasteiger partial charge is 0.391 e. The number of aliphatic hydroxyl groups excluding tert-OH is 1. The van der Waals surface area contributed by atoms with Crippen LogP contribution in [0.25, 0.3) is 0 Å². The summed E-state index contributed by atoms with van der Waals surface area (Å²) in [4.78, 5) is 13.7. The van der Waals surface area contributed by atoms with Gasteiger partial charge in [-0.3, -0.25) is 0 Å². The molecule has 2 amide bonds. The van der Waals surface area contributed by atoms with E-state index < -0.39 is 6.10 Å². The first kappa shape index (κ1) is 13.4. The van der Waals surface area contributed by atoms with Crippen molar-refractivity contribution in [3.05, 3.63) is 28.7 Å². The lowest BCUT2D eigenvalue weighted by molar-refractivity contribution is 0.0464. The van der Waals surface area contributed by atoms with Crippen molar-refractivity contribution in [2.24, 2.45) is 5.92 Å². The van der Waals surface area contributed by atoms with Crippen molar-refractivity contribution < 1.29 is 9.90 Å². The number of amides is 2. The van der Waals surface area contributed by atoms with Gasteiger partial charge in [-0.05, 0) is 40.4 Å². The number of anilines is 1. The molecule has 0 bridgehead atoms. The van der Waals surface area contributed by atoms with Gasteiger partial charge in [0.2, 0.25) is 0 Å². The Morgan fingerprint density at radius 1 is 1.50 bits per heavy atom. The highest BCUT2D eigenvalue weighted by molar-refractivity contribution is 9.10. The van der Waals surface area contributed by atoms with E-state index in [2.05, 4.69) is 21.2 Å². The summed E-state index contributed by atoms with van der Waals surface area (Å²) >= 11 is 3.39. The van der Waals surface area contributed by atoms with E-state index >= 15 is 0 Å². The number of carbonyl (C=O) groups excluding carboxylic acids is 1. The Morgan fingerprint density at radius 2 is 2.22 bits per heavy atom. The van der Waals surface area contributed by atoms with E-state index in [0.717, 1.165) is 16.6 Å². The van der Waals surface area contributed by atoms with Crippen LogP contribution in [0.1, 0.15) is 13.3 Å². The van der Waals surface area contributed by atoms with Crippen molar-refractivity contribution in [1.82, 2.24) is 4.90 Å². The van der Waals surface area contributed by atoms with E-state index in [0.29, 0.717) is 13.1 Å². The lowest BCUT2D eigenvalue weighted by Gasteiger charge is -2.34. The Kier molecular flexibility index (Phi) is 4.24. The summed E-state index contributed by atoms with van der Waals surface area (Å²) in [6, 6.07) is 7.32. The number of halogens is 1. The molecular weight excluding hydrogens is 296 g/mol. The minimum absolute atomic E-state index is 0.159. The summed E-state index contributed by atoms with van der Waals surface area (Å²) in [5, 5.41) is 12.6. The number of urea groups is 1. The molecule has 5 heteroatoms. The molecule has 4 nitrogen and oxygen atoms in total. The number of piperidine rings is 1. The third-order valence-corrected chi connectivity index (χ3v) is 4.01. The molecular formula is C13H17BrN2O2. The number of carbonyl (C=O) groups is 1. The highest BCUT2D eigenvalue weighted by Gasteiger charge is 2.27. The number of aliphatic hydroxyl groups is 1. The van der Waals surface area contributed by atoms with Gasteiger partial charge in [0.1, 0.15) is 0 Å². The molecule has 1 fully saturated rings. The molecule has 1 aromatic rings. The zero-order valence-electron chi connectivity index (χ0n) is 10.3. The average Bonchev–Trinajstić information content (AvgIpc) is 2.35. The molecule has 0 radical (unpaired) electrons. The second-order valence-corrected chi connectivity index (χ2v) is 5.54. The van der Waals surface area contributed by atoms with E-state index in [1.54, 1.807) is 4.90 Å². The molecule has 18 heavy (non-hydrogen) atoms. The Bertz CT molecular complexity index is 439. The van der Waals surface area contributed by atoms with Gasteiger partial charge in [-0.1, -0.05) is 19.1 Å². The van der Waals surface area contributed by atoms with Crippen LogP contribution in [-0.2, 0) is 0 Å². The molecule has 0 aromatic heterocycles. The molecule has 98 valence electrons. The van der Waals surface area contributed by atoms with Gasteiger partial charge in [0, 0.05) is 17.6 Å². The zero-order chi connectivity index (χ0) is 13.1. The first-order valence-corrected chi connectivity index (χ1v) is 6.85. The van der Waals surface area contributed by atoms with Crippen LogP contribution >= 0.6 is 15.9 Å². The number of hydrogen-bond acceptors (Lipinski definition) is 2. The van der Waals surface area contributed by atoms with Crippen molar-refractivity contribution in [3.63, 3.8) is 0 Å². The molecule has 2 rings (SSSR count). The van der Waals surface area contributed by atoms with E-state index in [4.69, 9.17) is 0 Å². The molecule has 0 saturated carbocycles. The number of β-amino-alcohol motifs (C(OH)–C–C–N with tert-alkyl or cyclic N) is 1. The Labute approximate surface area is 115 Å². The van der Waals surface area contributed by atoms with Crippen molar-refractivity contribution in [3.8, 4) is 0 Å². The van der Waals surface area contributed by atoms with Gasteiger partial charge in [0.05, 0.1) is 11.8 Å². The van der Waals surface area contributed by atoms with Gasteiger partial charge < -0.3 is 15.3 Å². The van der Waals surface area contributed by atoms with Gasteiger partial charge >= 0.3 is 6.03 Å². The number of nitrogens with one attached hydrogen (secondary N) is 1. The smallest absolute Gasteiger partial charge is 0.321 e. The van der Waals surface area contributed by atoms with E-state index in [1.165, 1.54) is 0 Å². The Balaban J connectivity index is 1.99. The van der Waals surface area contributed by atoms with Crippen LogP contribution in [0.15, 0.2) is 28.7 Å². The van der Waals surface area contributed by atoms with Crippen LogP contribution in [0.3, 0.4) is 0 Å². The normalized spacial score (nSPS) is 23.8. The summed E-state index contributed by atoms with van der Waals surface area (Å²) < 4.78 is 0.851. The van der Waals surface area contributed by atoms with Crippen LogP contribution < -0.4 is 5.32 Å². The maximum Gasteiger partial charge on any atom is 0.321 e. The number of hydrogen-bond donors (Lipinski definition) is 2. The monoisotopic (exact) mass is 312 g/mol. The first-order valence-electron chi connectivity index (χ1n) is 6.06. The van der Waals surface area contributed by atoms with E-state index in [9.17, 15) is 9.90 Å². The third-order valence-electron chi connectivity index (χ3n) is 3.32. The minimum atomic E-state index is -0.427. The quantitative estimate of drug-likeness (QED) is 0.837. The standard InChI is InChI=1S/C13H17BrN2O2/c1-9-6-7-16(8-12(9)17)13(18)15-11-5-3-2-4-10(11)14/h2-5,9,12,17H,6-8H2,1H3,(H,15,18). The van der Waals surface area contributed by atoms with Crippen molar-refractivity contribution in [2.75, 3.05) is 18.4 Å². The molecule has 1 saturated heterocycles. The lowest BCUT2D eigenvalue weighted by atomic mass is 9.96. The topological polar surface area (TPSA) is 52.6 Å². The maximum atomic E-state index is 12.1. The molecule has 1 aliphatic heterocycles. The maximum absolute atomic E-state index is 12.1. The molecule has 2 atom stereocenters. The van der Waals surface area contributed by atoms with Gasteiger partial charge in [0.25, 0.3) is 0 Å². The Morgan fingerprint density at radius 3 is 2.89 bits per heavy atom. The summed E-state index contributed by atoms with van der Waals surface area (Å²) in [6.07, 6.45) is 0.411. The molecule has 1 aromatic carbocycles. The van der Waals surface area contributed by atoms with Gasteiger partial charge in [-0.2, -0.15) is 0 Å². The number of likely N-dealkylation sites (tertiary alicyclic amines) is 1. The van der Waals surface area contributed by atoms with Crippen LogP contribution in [-0.4, -0.2) is 35.2 Å². The molecule has 0 aliphatic carbocycles. The van der Waals surface area contributed by atoms with Crippen LogP contribution in [0, 0.1) is 5.92 Å². The fraction of sp³-hybridized carbons (Fsp3) is 0.462. The lowest BCUT2D eigenvalue weighted by Crippen LogP contribution is -2.47. The van der Waals surface area contributed by atoms with Gasteiger partial charge in [-0.15, -0.1) is 0 Å². The highest BCUT2D eigenvalue weighted by Crippen LogP contribution is 2.23. The fourth-order valence-electron chi connectivity index (χ4n) is 1.99. The Hall–Kier alpha value is -1.07. The number of rotatable bonds is 1. The van der Waals surface area contributed by atoms with E-state index in [-0.39, 0.29) is 11.9 Å². The predicted octanol–water partition coefficient (Wildman–Crippen LogP) is 2.68. The van der Waals surface area contributed by atoms with Crippen LogP contribution in [0.2, 0.25) is 0 Å². The second-order valence-electron chi connectivity index (χ2n) is 4.69. The summed E-state index contributed by atoms with van der Waals surface area (Å²) in [7, 11) is 0. The summed E-state index contributed by atoms with van der Waals surface area (Å²) in [6.45, 7) is 3.10. The molecule has 1 heterocycles. The van der Waals surface area contributed by atoms with Crippen LogP contribution in [0.5, 0.6) is 0 Å². The van der Waals surface area contributed by atoms with Crippen molar-refractivity contribution in [1.29, 1.82) is 0 Å². The zero-order valence-corrected chi connectivity index (χ0v) is 11.9. The summed E-state index contributed by atoms with van der Waals surface area (Å²) in [5.41, 5.74) is 0.746. The molecule has 1 aliphatic rings.